The van der Waals surface area contributed by atoms with Crippen molar-refractivity contribution >= 4 is 45.8 Å². The van der Waals surface area contributed by atoms with Crippen LogP contribution in [0.25, 0.3) is 32.5 Å². The maximum absolute atomic E-state index is 4.80. The van der Waals surface area contributed by atoms with Crippen LogP contribution >= 0.6 is 35.7 Å². The third kappa shape index (κ3) is 3.94. The summed E-state index contributed by atoms with van der Waals surface area (Å²) in [6.07, 6.45) is 3.54. The summed E-state index contributed by atoms with van der Waals surface area (Å²) in [6, 6.07) is 13.0. The summed E-state index contributed by atoms with van der Waals surface area (Å²) < 4.78 is 1.23. The van der Waals surface area contributed by atoms with Crippen LogP contribution in [0.4, 0.5) is 0 Å². The third-order valence-electron chi connectivity index (χ3n) is 5.04. The molecule has 0 saturated heterocycles. The molecule has 2 nitrogen and oxygen atoms in total. The van der Waals surface area contributed by atoms with E-state index in [0.29, 0.717) is 0 Å². The van der Waals surface area contributed by atoms with Crippen LogP contribution in [0.2, 0.25) is 0 Å². The number of benzene rings is 2. The Bertz CT molecular complexity index is 1250. The summed E-state index contributed by atoms with van der Waals surface area (Å²) >= 11 is 8.25. The third-order valence-corrected chi connectivity index (χ3v) is 7.27. The number of thiophene rings is 1. The van der Waals surface area contributed by atoms with E-state index < -0.39 is 0 Å². The minimum absolute atomic E-state index is 0.00807. The average Bonchev–Trinajstić information content (AvgIpc) is 3.08. The lowest BCUT2D eigenvalue weighted by Gasteiger charge is -2.23. The van der Waals surface area contributed by atoms with Crippen LogP contribution in [0.15, 0.2) is 70.7 Å². The molecule has 0 aliphatic heterocycles. The molecule has 2 aromatic heterocycles. The molecule has 4 aromatic rings. The number of thioether (sulfide) groups is 1. The van der Waals surface area contributed by atoms with Crippen molar-refractivity contribution in [3.05, 3.63) is 71.3 Å². The molecule has 0 unspecified atom stereocenters. The molecule has 0 N–H and O–H groups in total. The highest BCUT2D eigenvalue weighted by atomic mass is 32.2. The number of thiol groups is 1. The average molecular weight is 449 g/mol. The zero-order chi connectivity index (χ0) is 21.5. The van der Waals surface area contributed by atoms with E-state index in [1.54, 1.807) is 29.4 Å². The fourth-order valence-electron chi connectivity index (χ4n) is 3.68. The molecule has 152 valence electrons. The van der Waals surface area contributed by atoms with Gasteiger partial charge >= 0.3 is 0 Å². The normalized spacial score (nSPS) is 11.8. The molecule has 0 amide bonds. The monoisotopic (exact) mass is 448 g/mol. The highest BCUT2D eigenvalue weighted by molar-refractivity contribution is 8.02. The van der Waals surface area contributed by atoms with Gasteiger partial charge in [0.15, 0.2) is 0 Å². The molecule has 0 atom stereocenters. The van der Waals surface area contributed by atoms with Crippen molar-refractivity contribution in [2.24, 2.45) is 0 Å². The second-order valence-corrected chi connectivity index (χ2v) is 11.0. The molecule has 0 aliphatic carbocycles. The Morgan fingerprint density at radius 2 is 1.93 bits per heavy atom. The van der Waals surface area contributed by atoms with Crippen LogP contribution in [0.3, 0.4) is 0 Å². The van der Waals surface area contributed by atoms with Gasteiger partial charge in [-0.05, 0) is 53.0 Å². The molecule has 0 aliphatic rings. The molecular weight excluding hydrogens is 424 g/mol. The molecule has 2 aromatic carbocycles. The smallest absolute Gasteiger partial charge is 0.116 e. The summed E-state index contributed by atoms with van der Waals surface area (Å²) in [5.41, 5.74) is 5.42. The Kier molecular flexibility index (Phi) is 5.80. The van der Waals surface area contributed by atoms with Crippen molar-refractivity contribution in [2.45, 2.75) is 42.9 Å². The van der Waals surface area contributed by atoms with Crippen molar-refractivity contribution in [3.8, 4) is 22.4 Å². The van der Waals surface area contributed by atoms with Crippen LogP contribution in [-0.2, 0) is 5.41 Å². The van der Waals surface area contributed by atoms with E-state index in [4.69, 9.17) is 17.6 Å². The Hall–Kier alpha value is -2.08. The van der Waals surface area contributed by atoms with Gasteiger partial charge in [-0.3, -0.25) is 0 Å². The Morgan fingerprint density at radius 3 is 2.67 bits per heavy atom. The fraction of sp³-hybridized carbons (Fsp3) is 0.200. The minimum atomic E-state index is 0.00807. The van der Waals surface area contributed by atoms with E-state index in [1.165, 1.54) is 25.4 Å². The van der Waals surface area contributed by atoms with Crippen LogP contribution < -0.4 is 0 Å². The number of nitrogens with zero attached hydrogens (tertiary/aromatic N) is 2. The number of hydrogen-bond donors (Lipinski definition) is 1. The van der Waals surface area contributed by atoms with Crippen LogP contribution in [-0.4, -0.2) is 9.97 Å². The van der Waals surface area contributed by atoms with Gasteiger partial charge in [0, 0.05) is 42.3 Å². The zero-order valence-electron chi connectivity index (χ0n) is 17.6. The molecule has 2 heterocycles. The Morgan fingerprint density at radius 1 is 1.13 bits per heavy atom. The summed E-state index contributed by atoms with van der Waals surface area (Å²) in [5, 5.41) is 3.11. The molecule has 0 saturated carbocycles. The highest BCUT2D eigenvalue weighted by Crippen LogP contribution is 2.43. The second-order valence-electron chi connectivity index (χ2n) is 8.27. The lowest BCUT2D eigenvalue weighted by Crippen LogP contribution is -2.12. The van der Waals surface area contributed by atoms with Crippen molar-refractivity contribution in [1.29, 1.82) is 0 Å². The maximum atomic E-state index is 4.80. The molecular formula is C25H24N2S3. The van der Waals surface area contributed by atoms with E-state index in [1.807, 2.05) is 11.6 Å². The topological polar surface area (TPSA) is 25.8 Å². The first-order valence-corrected chi connectivity index (χ1v) is 11.9. The molecule has 0 radical (unpaired) electrons. The standard InChI is InChI=1S/C25H24N2S3/c1-6-29-21-10-8-16(12-19(21)25(3,4)5)23-18(13-26-14-27-23)22-20(28)9-7-17-11-15(2)30-24(17)22/h6-14,28H,1H2,2-5H3. The van der Waals surface area contributed by atoms with Crippen molar-refractivity contribution in [2.75, 3.05) is 0 Å². The lowest BCUT2D eigenvalue weighted by molar-refractivity contribution is 0.578. The van der Waals surface area contributed by atoms with E-state index >= 15 is 0 Å². The van der Waals surface area contributed by atoms with Gasteiger partial charge in [-0.15, -0.1) is 24.0 Å². The van der Waals surface area contributed by atoms with Gasteiger partial charge in [0.1, 0.15) is 6.33 Å². The number of rotatable bonds is 4. The number of aromatic nitrogens is 2. The number of fused-ring (bicyclic) bond motifs is 1. The van der Waals surface area contributed by atoms with Gasteiger partial charge in [-0.1, -0.05) is 51.2 Å². The van der Waals surface area contributed by atoms with Gasteiger partial charge in [-0.25, -0.2) is 9.97 Å². The first-order chi connectivity index (χ1) is 14.3. The first-order valence-electron chi connectivity index (χ1n) is 9.74. The minimum Gasteiger partial charge on any atom is -0.244 e. The highest BCUT2D eigenvalue weighted by Gasteiger charge is 2.21. The number of aryl methyl sites for hydroxylation is 1. The first kappa shape index (κ1) is 21.2. The quantitative estimate of drug-likeness (QED) is 0.252. The van der Waals surface area contributed by atoms with E-state index in [9.17, 15) is 0 Å². The van der Waals surface area contributed by atoms with E-state index in [0.717, 1.165) is 27.3 Å². The van der Waals surface area contributed by atoms with E-state index in [-0.39, 0.29) is 5.41 Å². The molecule has 0 bridgehead atoms. The van der Waals surface area contributed by atoms with Gasteiger partial charge < -0.3 is 0 Å². The lowest BCUT2D eigenvalue weighted by atomic mass is 9.85. The van der Waals surface area contributed by atoms with Gasteiger partial charge in [0.25, 0.3) is 0 Å². The summed E-state index contributed by atoms with van der Waals surface area (Å²) in [5.74, 6) is 0. The number of hydrogen-bond acceptors (Lipinski definition) is 5. The van der Waals surface area contributed by atoms with Crippen molar-refractivity contribution in [1.82, 2.24) is 9.97 Å². The fourth-order valence-corrected chi connectivity index (χ4v) is 5.96. The Labute approximate surface area is 191 Å². The predicted octanol–water partition coefficient (Wildman–Crippen LogP) is 8.16. The van der Waals surface area contributed by atoms with Crippen LogP contribution in [0.5, 0.6) is 0 Å². The van der Waals surface area contributed by atoms with Crippen molar-refractivity contribution < 1.29 is 0 Å². The second kappa shape index (κ2) is 8.22. The van der Waals surface area contributed by atoms with Gasteiger partial charge in [0.05, 0.1) is 5.69 Å². The molecule has 0 fully saturated rings. The maximum Gasteiger partial charge on any atom is 0.116 e. The molecule has 4 rings (SSSR count). The van der Waals surface area contributed by atoms with Gasteiger partial charge in [-0.2, -0.15) is 0 Å². The van der Waals surface area contributed by atoms with E-state index in [2.05, 4.69) is 75.7 Å². The zero-order valence-corrected chi connectivity index (χ0v) is 20.1. The van der Waals surface area contributed by atoms with Crippen LogP contribution in [0, 0.1) is 6.92 Å². The molecule has 30 heavy (non-hydrogen) atoms. The Balaban J connectivity index is 1.97. The summed E-state index contributed by atoms with van der Waals surface area (Å²) in [7, 11) is 0. The SMILES string of the molecule is C=CSc1ccc(-c2ncncc2-c2c(S)ccc3cc(C)sc23)cc1C(C)(C)C. The molecule has 0 spiro atoms. The summed E-state index contributed by atoms with van der Waals surface area (Å²) in [4.78, 5) is 12.5. The summed E-state index contributed by atoms with van der Waals surface area (Å²) in [6.45, 7) is 12.7. The largest absolute Gasteiger partial charge is 0.244 e. The molecule has 5 heteroatoms. The van der Waals surface area contributed by atoms with Crippen molar-refractivity contribution in [3.63, 3.8) is 0 Å². The predicted molar refractivity (Wildman–Crippen MR) is 135 cm³/mol. The van der Waals surface area contributed by atoms with Gasteiger partial charge in [0.2, 0.25) is 0 Å². The van der Waals surface area contributed by atoms with Crippen LogP contribution in [0.1, 0.15) is 31.2 Å².